The smallest absolute Gasteiger partial charge is 0.330 e. The Morgan fingerprint density at radius 1 is 1.06 bits per heavy atom. The number of carbonyl (C=O) groups is 3. The lowest BCUT2D eigenvalue weighted by atomic mass is 9.35. The molecule has 3 saturated carbocycles. The summed E-state index contributed by atoms with van der Waals surface area (Å²) >= 11 is 0. The monoisotopic (exact) mass is 504 g/mol. The van der Waals surface area contributed by atoms with Crippen molar-refractivity contribution in [2.75, 3.05) is 0 Å². The van der Waals surface area contributed by atoms with Crippen molar-refractivity contribution in [2.24, 2.45) is 39.4 Å². The van der Waals surface area contributed by atoms with E-state index in [1.165, 1.54) is 0 Å². The Kier molecular flexibility index (Phi) is 8.05. The van der Waals surface area contributed by atoms with Crippen molar-refractivity contribution in [3.8, 4) is 0 Å². The number of carboxylic acids is 1. The number of fused-ring (bicyclic) bond motifs is 3. The molecule has 0 radical (unpaired) electrons. The molecule has 3 aliphatic rings. The van der Waals surface area contributed by atoms with Gasteiger partial charge in [-0.05, 0) is 74.5 Å². The second-order valence-electron chi connectivity index (χ2n) is 13.5. The van der Waals surface area contributed by atoms with Crippen LogP contribution < -0.4 is 0 Å². The van der Waals surface area contributed by atoms with Crippen LogP contribution in [0.4, 0.5) is 0 Å². The molecule has 3 aliphatic carbocycles. The van der Waals surface area contributed by atoms with Gasteiger partial charge in [0.15, 0.2) is 0 Å². The predicted octanol–water partition coefficient (Wildman–Crippen LogP) is 5.34. The lowest BCUT2D eigenvalue weighted by molar-refractivity contribution is -0.247. The van der Waals surface area contributed by atoms with Gasteiger partial charge in [0.25, 0.3) is 0 Å². The Labute approximate surface area is 216 Å². The molecule has 0 saturated heterocycles. The molecule has 0 bridgehead atoms. The van der Waals surface area contributed by atoms with Crippen LogP contribution in [0.15, 0.2) is 11.6 Å². The van der Waals surface area contributed by atoms with Crippen LogP contribution in [0.5, 0.6) is 0 Å². The van der Waals surface area contributed by atoms with Gasteiger partial charge in [-0.25, -0.2) is 4.79 Å². The first-order valence-corrected chi connectivity index (χ1v) is 13.9. The number of hydrogen-bond donors (Lipinski definition) is 3. The van der Waals surface area contributed by atoms with Crippen LogP contribution in [-0.4, -0.2) is 45.1 Å². The van der Waals surface area contributed by atoms with E-state index < -0.39 is 29.0 Å². The fourth-order valence-corrected chi connectivity index (χ4v) is 8.51. The van der Waals surface area contributed by atoms with Crippen LogP contribution in [0.3, 0.4) is 0 Å². The number of Topliss-reactive ketones (excluding diaryl/α,β-unsaturated/α-hetero) is 2. The molecule has 0 amide bonds. The lowest BCUT2D eigenvalue weighted by Gasteiger charge is -2.69. The number of aliphatic carboxylic acids is 1. The molecule has 0 heterocycles. The minimum absolute atomic E-state index is 0.0791. The van der Waals surface area contributed by atoms with Crippen LogP contribution in [0, 0.1) is 39.4 Å². The van der Waals surface area contributed by atoms with Gasteiger partial charge in [0, 0.05) is 35.2 Å². The number of carbonyl (C=O) groups excluding carboxylic acids is 2. The average Bonchev–Trinajstić information content (AvgIpc) is 2.80. The minimum Gasteiger partial charge on any atom is -0.478 e. The fraction of sp³-hybridized carbons (Fsp3) is 0.833. The van der Waals surface area contributed by atoms with Gasteiger partial charge in [-0.3, -0.25) is 9.59 Å². The van der Waals surface area contributed by atoms with Crippen molar-refractivity contribution in [1.29, 1.82) is 0 Å². The number of hydrogen-bond acceptors (Lipinski definition) is 5. The molecule has 3 rings (SSSR count). The van der Waals surface area contributed by atoms with Crippen molar-refractivity contribution < 1.29 is 29.7 Å². The van der Waals surface area contributed by atoms with Gasteiger partial charge in [0.1, 0.15) is 11.6 Å². The molecule has 0 aromatic heterocycles. The molecule has 0 spiro atoms. The quantitative estimate of drug-likeness (QED) is 0.385. The highest BCUT2D eigenvalue weighted by molar-refractivity contribution is 5.88. The molecule has 6 nitrogen and oxygen atoms in total. The standard InChI is InChI=1S/C30H48O6/c1-18(9-8-10-19(2)26(35)36)20(31)13-16-29(6)24(33)12-11-21-28(5)15-14-23(32)27(3,4)22(28)17-25(34)30(21,29)7/h10,18,21-23,25,32,34H,8-9,11-17H2,1-7H3,(H,35,36)/b19-10-/t18-,21+,22-,23+,25+,28+,29+,30-/m0/s1. The maximum Gasteiger partial charge on any atom is 0.330 e. The Balaban J connectivity index is 1.81. The van der Waals surface area contributed by atoms with E-state index in [2.05, 4.69) is 27.7 Å². The molecule has 204 valence electrons. The maximum atomic E-state index is 13.5. The zero-order valence-corrected chi connectivity index (χ0v) is 23.4. The molecule has 8 atom stereocenters. The Bertz CT molecular complexity index is 920. The lowest BCUT2D eigenvalue weighted by Crippen LogP contribution is -2.69. The van der Waals surface area contributed by atoms with Gasteiger partial charge < -0.3 is 15.3 Å². The van der Waals surface area contributed by atoms with Gasteiger partial charge in [0.05, 0.1) is 12.2 Å². The number of aliphatic hydroxyl groups excluding tert-OH is 2. The van der Waals surface area contributed by atoms with E-state index in [4.69, 9.17) is 5.11 Å². The third-order valence-electron chi connectivity index (χ3n) is 11.5. The number of rotatable bonds is 8. The average molecular weight is 505 g/mol. The van der Waals surface area contributed by atoms with Gasteiger partial charge in [-0.1, -0.05) is 47.6 Å². The van der Waals surface area contributed by atoms with Crippen LogP contribution >= 0.6 is 0 Å². The molecule has 3 fully saturated rings. The third-order valence-corrected chi connectivity index (χ3v) is 11.5. The first kappa shape index (κ1) is 29.0. The van der Waals surface area contributed by atoms with Crippen LogP contribution in [-0.2, 0) is 14.4 Å². The summed E-state index contributed by atoms with van der Waals surface area (Å²) in [5.74, 6) is -0.607. The van der Waals surface area contributed by atoms with E-state index in [-0.39, 0.29) is 52.1 Å². The zero-order valence-electron chi connectivity index (χ0n) is 23.4. The van der Waals surface area contributed by atoms with Gasteiger partial charge in [-0.2, -0.15) is 0 Å². The first-order valence-electron chi connectivity index (χ1n) is 13.9. The zero-order chi connectivity index (χ0) is 27.3. The summed E-state index contributed by atoms with van der Waals surface area (Å²) in [6.45, 7) is 14.1. The van der Waals surface area contributed by atoms with Crippen molar-refractivity contribution in [3.63, 3.8) is 0 Å². The highest BCUT2D eigenvalue weighted by Gasteiger charge is 2.69. The van der Waals surface area contributed by atoms with Crippen molar-refractivity contribution in [3.05, 3.63) is 11.6 Å². The minimum atomic E-state index is -0.946. The molecule has 3 N–H and O–H groups in total. The number of allylic oxidation sites excluding steroid dienone is 1. The van der Waals surface area contributed by atoms with E-state index >= 15 is 0 Å². The van der Waals surface area contributed by atoms with Crippen molar-refractivity contribution in [1.82, 2.24) is 0 Å². The van der Waals surface area contributed by atoms with Crippen molar-refractivity contribution in [2.45, 2.75) is 118 Å². The highest BCUT2D eigenvalue weighted by Crippen LogP contribution is 2.71. The first-order chi connectivity index (χ1) is 16.5. The molecule has 36 heavy (non-hydrogen) atoms. The van der Waals surface area contributed by atoms with E-state index in [9.17, 15) is 24.6 Å². The predicted molar refractivity (Wildman–Crippen MR) is 139 cm³/mol. The molecule has 0 unspecified atom stereocenters. The Morgan fingerprint density at radius 3 is 2.31 bits per heavy atom. The summed E-state index contributed by atoms with van der Waals surface area (Å²) < 4.78 is 0. The summed E-state index contributed by atoms with van der Waals surface area (Å²) in [5, 5.41) is 31.5. The normalized spacial score (nSPS) is 41.2. The summed E-state index contributed by atoms with van der Waals surface area (Å²) in [6, 6.07) is 0. The number of ketones is 2. The summed E-state index contributed by atoms with van der Waals surface area (Å²) in [7, 11) is 0. The van der Waals surface area contributed by atoms with Gasteiger partial charge in [0.2, 0.25) is 0 Å². The summed E-state index contributed by atoms with van der Waals surface area (Å²) in [6.07, 6.45) is 5.82. The van der Waals surface area contributed by atoms with E-state index in [0.717, 1.165) is 19.3 Å². The Hall–Kier alpha value is -1.53. The molecular weight excluding hydrogens is 456 g/mol. The van der Waals surface area contributed by atoms with Gasteiger partial charge >= 0.3 is 5.97 Å². The Morgan fingerprint density at radius 2 is 1.69 bits per heavy atom. The van der Waals surface area contributed by atoms with Crippen LogP contribution in [0.1, 0.15) is 106 Å². The van der Waals surface area contributed by atoms with E-state index in [0.29, 0.717) is 32.1 Å². The number of aliphatic hydroxyl groups is 2. The molecule has 6 heteroatoms. The molecular formula is C30H48O6. The highest BCUT2D eigenvalue weighted by atomic mass is 16.4. The van der Waals surface area contributed by atoms with E-state index in [1.54, 1.807) is 13.0 Å². The van der Waals surface area contributed by atoms with Crippen LogP contribution in [0.2, 0.25) is 0 Å². The molecule has 0 aliphatic heterocycles. The summed E-state index contributed by atoms with van der Waals surface area (Å²) in [4.78, 5) is 37.6. The largest absolute Gasteiger partial charge is 0.478 e. The van der Waals surface area contributed by atoms with Crippen molar-refractivity contribution >= 4 is 17.5 Å². The topological polar surface area (TPSA) is 112 Å². The maximum absolute atomic E-state index is 13.5. The fourth-order valence-electron chi connectivity index (χ4n) is 8.51. The molecule has 0 aromatic rings. The third kappa shape index (κ3) is 4.51. The van der Waals surface area contributed by atoms with Crippen LogP contribution in [0.25, 0.3) is 0 Å². The second-order valence-corrected chi connectivity index (χ2v) is 13.5. The van der Waals surface area contributed by atoms with E-state index in [1.807, 2.05) is 13.8 Å². The summed E-state index contributed by atoms with van der Waals surface area (Å²) in [5.41, 5.74) is -1.52. The second kappa shape index (κ2) is 9.98. The number of carboxylic acid groups (broad SMARTS) is 1. The van der Waals surface area contributed by atoms with Gasteiger partial charge in [-0.15, -0.1) is 0 Å². The molecule has 0 aromatic carbocycles. The SMILES string of the molecule is C/C(=C/CC[C@H](C)C(=O)CC[C@]1(C)C(=O)CC[C@@H]2[C@@]3(C)CC[C@@H](O)C(C)(C)[C@@H]3C[C@@H](O)[C@]21C)C(=O)O.